The molecule has 0 radical (unpaired) electrons. The zero-order valence-corrected chi connectivity index (χ0v) is 15.6. The highest BCUT2D eigenvalue weighted by Crippen LogP contribution is 2.28. The molecular weight excluding hydrogens is 364 g/mol. The number of anilines is 1. The van der Waals surface area contributed by atoms with Gasteiger partial charge in [0.25, 0.3) is 11.6 Å². The quantitative estimate of drug-likeness (QED) is 0.410. The molecule has 1 N–H and O–H groups in total. The van der Waals surface area contributed by atoms with Crippen LogP contribution in [-0.4, -0.2) is 17.4 Å². The first-order valence-corrected chi connectivity index (χ1v) is 8.47. The summed E-state index contributed by atoms with van der Waals surface area (Å²) in [6.07, 6.45) is 0. The zero-order chi connectivity index (χ0) is 20.4. The molecule has 8 heteroatoms. The van der Waals surface area contributed by atoms with Crippen LogP contribution in [0.4, 0.5) is 11.4 Å². The highest BCUT2D eigenvalue weighted by atomic mass is 16.6. The fourth-order valence-corrected chi connectivity index (χ4v) is 2.78. The number of fused-ring (bicyclic) bond motifs is 1. The number of carbonyl (C=O) groups excluding carboxylic acids is 1. The van der Waals surface area contributed by atoms with Gasteiger partial charge in [-0.1, -0.05) is 0 Å². The lowest BCUT2D eigenvalue weighted by molar-refractivity contribution is -0.384. The van der Waals surface area contributed by atoms with Crippen molar-refractivity contribution in [1.82, 2.24) is 0 Å². The normalized spacial score (nSPS) is 10.7. The molecule has 0 saturated carbocycles. The molecule has 0 aliphatic heterocycles. The van der Waals surface area contributed by atoms with Crippen LogP contribution in [0.25, 0.3) is 11.0 Å². The monoisotopic (exact) mass is 382 g/mol. The van der Waals surface area contributed by atoms with Crippen molar-refractivity contribution in [2.75, 3.05) is 11.9 Å². The third-order valence-corrected chi connectivity index (χ3v) is 4.38. The molecule has 0 bridgehead atoms. The minimum Gasteiger partial charge on any atom is -0.484 e. The van der Waals surface area contributed by atoms with Crippen molar-refractivity contribution in [2.24, 2.45) is 0 Å². The van der Waals surface area contributed by atoms with Crippen molar-refractivity contribution in [3.05, 3.63) is 73.6 Å². The van der Waals surface area contributed by atoms with Gasteiger partial charge in [-0.25, -0.2) is 4.79 Å². The number of rotatable bonds is 5. The maximum absolute atomic E-state index is 12.2. The van der Waals surface area contributed by atoms with Gasteiger partial charge in [0.2, 0.25) is 0 Å². The maximum Gasteiger partial charge on any atom is 0.336 e. The third-order valence-electron chi connectivity index (χ3n) is 4.38. The Bertz CT molecular complexity index is 1150. The molecule has 2 aromatic carbocycles. The van der Waals surface area contributed by atoms with Crippen LogP contribution in [0.5, 0.6) is 5.75 Å². The second kappa shape index (κ2) is 7.51. The number of carbonyl (C=O) groups is 1. The van der Waals surface area contributed by atoms with E-state index in [1.165, 1.54) is 18.2 Å². The molecule has 0 atom stereocenters. The molecule has 3 rings (SSSR count). The summed E-state index contributed by atoms with van der Waals surface area (Å²) in [5.74, 6) is -0.205. The molecular formula is C20H18N2O6. The standard InChI is InChI=1S/C20H18N2O6/c1-11-6-16(17(22(25)26)7-12(11)2)21-19(23)10-27-14-4-5-15-13(3)8-20(24)28-18(15)9-14/h4-9H,10H2,1-3H3,(H,21,23). The summed E-state index contributed by atoms with van der Waals surface area (Å²) in [6.45, 7) is 5.00. The molecule has 8 nitrogen and oxygen atoms in total. The Kier molecular flexibility index (Phi) is 5.12. The van der Waals surface area contributed by atoms with E-state index in [2.05, 4.69) is 5.32 Å². The van der Waals surface area contributed by atoms with Gasteiger partial charge in [-0.3, -0.25) is 14.9 Å². The molecule has 1 amide bonds. The fraction of sp³-hybridized carbons (Fsp3) is 0.200. The smallest absolute Gasteiger partial charge is 0.336 e. The number of nitrogens with zero attached hydrogens (tertiary/aromatic N) is 1. The summed E-state index contributed by atoms with van der Waals surface area (Å²) in [7, 11) is 0. The maximum atomic E-state index is 12.2. The first kappa shape index (κ1) is 19.1. The summed E-state index contributed by atoms with van der Waals surface area (Å²) in [6, 6.07) is 9.27. The van der Waals surface area contributed by atoms with Gasteiger partial charge in [-0.05, 0) is 55.7 Å². The number of ether oxygens (including phenoxy) is 1. The van der Waals surface area contributed by atoms with E-state index in [1.807, 2.05) is 0 Å². The predicted octanol–water partition coefficient (Wildman–Crippen LogP) is 3.64. The van der Waals surface area contributed by atoms with Crippen molar-refractivity contribution < 1.29 is 18.9 Å². The summed E-state index contributed by atoms with van der Waals surface area (Å²) < 4.78 is 10.6. The van der Waals surface area contributed by atoms with Crippen LogP contribution < -0.4 is 15.7 Å². The summed E-state index contributed by atoms with van der Waals surface area (Å²) in [4.78, 5) is 34.4. The van der Waals surface area contributed by atoms with Crippen LogP contribution in [0.1, 0.15) is 16.7 Å². The van der Waals surface area contributed by atoms with E-state index in [0.29, 0.717) is 11.3 Å². The van der Waals surface area contributed by atoms with E-state index in [4.69, 9.17) is 9.15 Å². The summed E-state index contributed by atoms with van der Waals surface area (Å²) >= 11 is 0. The lowest BCUT2D eigenvalue weighted by Gasteiger charge is -2.10. The van der Waals surface area contributed by atoms with Gasteiger partial charge in [0.05, 0.1) is 4.92 Å². The Labute approximate surface area is 159 Å². The molecule has 28 heavy (non-hydrogen) atoms. The second-order valence-corrected chi connectivity index (χ2v) is 6.45. The minimum absolute atomic E-state index is 0.113. The number of nitrogens with one attached hydrogen (secondary N) is 1. The molecule has 0 fully saturated rings. The van der Waals surface area contributed by atoms with E-state index < -0.39 is 16.5 Å². The van der Waals surface area contributed by atoms with Crippen LogP contribution >= 0.6 is 0 Å². The van der Waals surface area contributed by atoms with Crippen LogP contribution in [0.2, 0.25) is 0 Å². The molecule has 0 aliphatic rings. The molecule has 0 spiro atoms. The van der Waals surface area contributed by atoms with Gasteiger partial charge in [-0.15, -0.1) is 0 Å². The van der Waals surface area contributed by atoms with Crippen molar-refractivity contribution in [2.45, 2.75) is 20.8 Å². The van der Waals surface area contributed by atoms with Gasteiger partial charge in [0.1, 0.15) is 17.0 Å². The van der Waals surface area contributed by atoms with Crippen LogP contribution in [0.3, 0.4) is 0 Å². The van der Waals surface area contributed by atoms with Crippen molar-refractivity contribution in [3.8, 4) is 5.75 Å². The highest BCUT2D eigenvalue weighted by Gasteiger charge is 2.18. The number of nitro benzene ring substituents is 1. The van der Waals surface area contributed by atoms with Gasteiger partial charge in [0, 0.05) is 23.6 Å². The topological polar surface area (TPSA) is 112 Å². The molecule has 0 aliphatic carbocycles. The van der Waals surface area contributed by atoms with Crippen molar-refractivity contribution in [3.63, 3.8) is 0 Å². The van der Waals surface area contributed by atoms with E-state index in [1.54, 1.807) is 39.0 Å². The zero-order valence-electron chi connectivity index (χ0n) is 15.6. The van der Waals surface area contributed by atoms with Crippen molar-refractivity contribution in [1.29, 1.82) is 0 Å². The number of hydrogen-bond acceptors (Lipinski definition) is 6. The first-order chi connectivity index (χ1) is 13.2. The van der Waals surface area contributed by atoms with Crippen LogP contribution in [0.15, 0.2) is 45.6 Å². The Morgan fingerprint density at radius 3 is 2.54 bits per heavy atom. The highest BCUT2D eigenvalue weighted by molar-refractivity contribution is 5.94. The van der Waals surface area contributed by atoms with Crippen LogP contribution in [-0.2, 0) is 4.79 Å². The largest absolute Gasteiger partial charge is 0.484 e. The number of aryl methyl sites for hydroxylation is 3. The first-order valence-electron chi connectivity index (χ1n) is 8.47. The van der Waals surface area contributed by atoms with Gasteiger partial charge >= 0.3 is 5.63 Å². The number of benzene rings is 2. The average molecular weight is 382 g/mol. The third kappa shape index (κ3) is 4.01. The average Bonchev–Trinajstić information content (AvgIpc) is 2.62. The van der Waals surface area contributed by atoms with Gasteiger partial charge in [0.15, 0.2) is 6.61 Å². The Morgan fingerprint density at radius 1 is 1.11 bits per heavy atom. The van der Waals surface area contributed by atoms with Crippen molar-refractivity contribution >= 4 is 28.3 Å². The number of nitro groups is 1. The fourth-order valence-electron chi connectivity index (χ4n) is 2.78. The molecule has 144 valence electrons. The number of hydrogen-bond donors (Lipinski definition) is 1. The lowest BCUT2D eigenvalue weighted by Crippen LogP contribution is -2.21. The minimum atomic E-state index is -0.545. The molecule has 1 aromatic heterocycles. The summed E-state index contributed by atoms with van der Waals surface area (Å²) in [5, 5.41) is 14.5. The Morgan fingerprint density at radius 2 is 1.82 bits per heavy atom. The van der Waals surface area contributed by atoms with E-state index in [0.717, 1.165) is 22.1 Å². The lowest BCUT2D eigenvalue weighted by atomic mass is 10.1. The summed E-state index contributed by atoms with van der Waals surface area (Å²) in [5.41, 5.74) is 2.17. The van der Waals surface area contributed by atoms with Gasteiger partial charge in [-0.2, -0.15) is 0 Å². The Balaban J connectivity index is 1.75. The molecule has 0 unspecified atom stereocenters. The van der Waals surface area contributed by atoms with E-state index in [-0.39, 0.29) is 18.0 Å². The molecule has 1 heterocycles. The number of amides is 1. The second-order valence-electron chi connectivity index (χ2n) is 6.45. The van der Waals surface area contributed by atoms with Crippen LogP contribution in [0, 0.1) is 30.9 Å². The van der Waals surface area contributed by atoms with E-state index >= 15 is 0 Å². The molecule has 3 aromatic rings. The van der Waals surface area contributed by atoms with Gasteiger partial charge < -0.3 is 14.5 Å². The predicted molar refractivity (Wildman–Crippen MR) is 104 cm³/mol. The van der Waals surface area contributed by atoms with E-state index in [9.17, 15) is 19.7 Å². The SMILES string of the molecule is Cc1cc(NC(=O)COc2ccc3c(C)cc(=O)oc3c2)c([N+](=O)[O-])cc1C. The molecule has 0 saturated heterocycles. The Hall–Kier alpha value is -3.68.